The molecule has 2 aromatic carbocycles. The van der Waals surface area contributed by atoms with E-state index in [0.29, 0.717) is 12.1 Å². The van der Waals surface area contributed by atoms with E-state index >= 15 is 0 Å². The van der Waals surface area contributed by atoms with E-state index in [-0.39, 0.29) is 11.8 Å². The van der Waals surface area contributed by atoms with Crippen molar-refractivity contribution in [2.24, 2.45) is 0 Å². The number of β-lactam (4-membered cyclic amide) rings is 1. The van der Waals surface area contributed by atoms with Crippen LogP contribution in [0.15, 0.2) is 54.6 Å². The summed E-state index contributed by atoms with van der Waals surface area (Å²) in [6.45, 7) is 0.512. The summed E-state index contributed by atoms with van der Waals surface area (Å²) in [6, 6.07) is 16.3. The molecule has 1 atom stereocenters. The largest absolute Gasteiger partial charge is 0.339 e. The van der Waals surface area contributed by atoms with Gasteiger partial charge >= 0.3 is 0 Å². The predicted molar refractivity (Wildman–Crippen MR) is 89.2 cm³/mol. The number of nitrogens with zero attached hydrogens (tertiary/aromatic N) is 1. The fraction of sp³-hybridized carbons (Fsp3) is 0.125. The molecular weight excluding hydrogens is 379 g/mol. The van der Waals surface area contributed by atoms with Crippen molar-refractivity contribution < 1.29 is 9.59 Å². The number of para-hydroxylation sites is 1. The van der Waals surface area contributed by atoms with Crippen molar-refractivity contribution in [1.29, 1.82) is 0 Å². The molecule has 1 fully saturated rings. The molecule has 0 unspecified atom stereocenters. The van der Waals surface area contributed by atoms with Crippen molar-refractivity contribution in [1.82, 2.24) is 5.32 Å². The minimum atomic E-state index is -0.435. The fourth-order valence-corrected chi connectivity index (χ4v) is 2.79. The first-order valence-electron chi connectivity index (χ1n) is 6.58. The molecule has 1 heterocycles. The molecular formula is C16H13IN2O2. The van der Waals surface area contributed by atoms with E-state index in [0.717, 1.165) is 9.26 Å². The van der Waals surface area contributed by atoms with Crippen LogP contribution >= 0.6 is 22.6 Å². The molecule has 0 radical (unpaired) electrons. The molecule has 0 spiro atoms. The highest BCUT2D eigenvalue weighted by Gasteiger charge is 2.38. The summed E-state index contributed by atoms with van der Waals surface area (Å²) >= 11 is 2.16. The van der Waals surface area contributed by atoms with Gasteiger partial charge in [-0.3, -0.25) is 9.59 Å². The van der Waals surface area contributed by atoms with E-state index in [1.807, 2.05) is 42.5 Å². The zero-order valence-electron chi connectivity index (χ0n) is 11.1. The summed E-state index contributed by atoms with van der Waals surface area (Å²) in [7, 11) is 0. The lowest BCUT2D eigenvalue weighted by Gasteiger charge is -2.38. The lowest BCUT2D eigenvalue weighted by Crippen LogP contribution is -2.64. The van der Waals surface area contributed by atoms with Gasteiger partial charge in [0.15, 0.2) is 0 Å². The first kappa shape index (κ1) is 14.1. The van der Waals surface area contributed by atoms with E-state index in [2.05, 4.69) is 27.9 Å². The number of hydrogen-bond donors (Lipinski definition) is 1. The second-order valence-electron chi connectivity index (χ2n) is 4.82. The van der Waals surface area contributed by atoms with Crippen LogP contribution in [0.2, 0.25) is 0 Å². The van der Waals surface area contributed by atoms with Crippen LogP contribution in [0.5, 0.6) is 0 Å². The van der Waals surface area contributed by atoms with Gasteiger partial charge in [-0.2, -0.15) is 0 Å². The Balaban J connectivity index is 1.63. The molecule has 106 valence electrons. The Morgan fingerprint density at radius 2 is 1.90 bits per heavy atom. The highest BCUT2D eigenvalue weighted by molar-refractivity contribution is 14.1. The SMILES string of the molecule is O=C(N[C@@H]1CN(c2ccccc2)C1=O)c1cccc(I)c1. The average molecular weight is 392 g/mol. The molecule has 0 bridgehead atoms. The number of halogens is 1. The minimum Gasteiger partial charge on any atom is -0.339 e. The molecule has 4 nitrogen and oxygen atoms in total. The van der Waals surface area contributed by atoms with E-state index < -0.39 is 6.04 Å². The van der Waals surface area contributed by atoms with Crippen LogP contribution in [0.1, 0.15) is 10.4 Å². The van der Waals surface area contributed by atoms with E-state index in [4.69, 9.17) is 0 Å². The normalized spacial score (nSPS) is 17.3. The summed E-state index contributed by atoms with van der Waals surface area (Å²) in [6.07, 6.45) is 0. The van der Waals surface area contributed by atoms with Gasteiger partial charge in [0.1, 0.15) is 6.04 Å². The highest BCUT2D eigenvalue weighted by atomic mass is 127. The van der Waals surface area contributed by atoms with Crippen molar-refractivity contribution in [2.45, 2.75) is 6.04 Å². The van der Waals surface area contributed by atoms with Crippen LogP contribution in [0.25, 0.3) is 0 Å². The van der Waals surface area contributed by atoms with E-state index in [1.165, 1.54) is 0 Å². The Morgan fingerprint density at radius 3 is 2.57 bits per heavy atom. The van der Waals surface area contributed by atoms with Crippen molar-refractivity contribution >= 4 is 40.1 Å². The number of benzene rings is 2. The molecule has 1 N–H and O–H groups in total. The average Bonchev–Trinajstić information content (AvgIpc) is 2.51. The number of carbonyl (C=O) groups excluding carboxylic acids is 2. The first-order valence-corrected chi connectivity index (χ1v) is 7.66. The van der Waals surface area contributed by atoms with Gasteiger partial charge in [-0.15, -0.1) is 0 Å². The molecule has 0 aliphatic carbocycles. The molecule has 1 aliphatic rings. The summed E-state index contributed by atoms with van der Waals surface area (Å²) < 4.78 is 0.992. The quantitative estimate of drug-likeness (QED) is 0.645. The Labute approximate surface area is 136 Å². The fourth-order valence-electron chi connectivity index (χ4n) is 2.25. The van der Waals surface area contributed by atoms with Crippen molar-refractivity contribution in [3.05, 3.63) is 63.7 Å². The molecule has 2 amide bonds. The van der Waals surface area contributed by atoms with Crippen LogP contribution in [-0.2, 0) is 4.79 Å². The second-order valence-corrected chi connectivity index (χ2v) is 6.07. The minimum absolute atomic E-state index is 0.0693. The van der Waals surface area contributed by atoms with Gasteiger partial charge in [0.05, 0.1) is 6.54 Å². The number of rotatable bonds is 3. The molecule has 2 aromatic rings. The molecule has 3 rings (SSSR count). The number of hydrogen-bond acceptors (Lipinski definition) is 2. The molecule has 0 aromatic heterocycles. The molecule has 21 heavy (non-hydrogen) atoms. The maximum atomic E-state index is 12.1. The Hall–Kier alpha value is -1.89. The second kappa shape index (κ2) is 5.85. The third-order valence-corrected chi connectivity index (χ3v) is 4.06. The monoisotopic (exact) mass is 392 g/mol. The zero-order valence-corrected chi connectivity index (χ0v) is 13.3. The molecule has 1 aliphatic heterocycles. The number of anilines is 1. The van der Waals surface area contributed by atoms with Gasteiger partial charge in [-0.1, -0.05) is 24.3 Å². The topological polar surface area (TPSA) is 49.4 Å². The Bertz CT molecular complexity index is 688. The number of carbonyl (C=O) groups is 2. The van der Waals surface area contributed by atoms with E-state index in [9.17, 15) is 9.59 Å². The lowest BCUT2D eigenvalue weighted by atomic mass is 10.1. The Morgan fingerprint density at radius 1 is 1.14 bits per heavy atom. The van der Waals surface area contributed by atoms with Crippen molar-refractivity contribution in [2.75, 3.05) is 11.4 Å². The van der Waals surface area contributed by atoms with Gasteiger partial charge < -0.3 is 10.2 Å². The number of amides is 2. The summed E-state index contributed by atoms with van der Waals surface area (Å²) in [4.78, 5) is 25.9. The molecule has 1 saturated heterocycles. The summed E-state index contributed by atoms with van der Waals surface area (Å²) in [5, 5.41) is 2.78. The van der Waals surface area contributed by atoms with Gasteiger partial charge in [0.25, 0.3) is 11.8 Å². The third-order valence-electron chi connectivity index (χ3n) is 3.39. The maximum Gasteiger partial charge on any atom is 0.252 e. The van der Waals surface area contributed by atoms with Gasteiger partial charge in [0.2, 0.25) is 0 Å². The highest BCUT2D eigenvalue weighted by Crippen LogP contribution is 2.21. The van der Waals surface area contributed by atoms with Gasteiger partial charge in [-0.25, -0.2) is 0 Å². The standard InChI is InChI=1S/C16H13IN2O2/c17-12-6-4-5-11(9-12)15(20)18-14-10-19(16(14)21)13-7-2-1-3-8-13/h1-9,14H,10H2,(H,18,20)/t14-/m1/s1. The first-order chi connectivity index (χ1) is 10.1. The molecule has 5 heteroatoms. The maximum absolute atomic E-state index is 12.1. The number of nitrogens with one attached hydrogen (secondary N) is 1. The smallest absolute Gasteiger partial charge is 0.252 e. The predicted octanol–water partition coefficient (Wildman–Crippen LogP) is 2.44. The van der Waals surface area contributed by atoms with Crippen LogP contribution in [0, 0.1) is 3.57 Å². The van der Waals surface area contributed by atoms with Gasteiger partial charge in [-0.05, 0) is 52.9 Å². The zero-order chi connectivity index (χ0) is 14.8. The van der Waals surface area contributed by atoms with E-state index in [1.54, 1.807) is 17.0 Å². The Kier molecular flexibility index (Phi) is 3.92. The van der Waals surface area contributed by atoms with Crippen molar-refractivity contribution in [3.8, 4) is 0 Å². The van der Waals surface area contributed by atoms with Crippen molar-refractivity contribution in [3.63, 3.8) is 0 Å². The third kappa shape index (κ3) is 2.92. The van der Waals surface area contributed by atoms with Crippen LogP contribution in [0.3, 0.4) is 0 Å². The van der Waals surface area contributed by atoms with Crippen LogP contribution < -0.4 is 10.2 Å². The molecule has 0 saturated carbocycles. The summed E-state index contributed by atoms with van der Waals surface area (Å²) in [5.41, 5.74) is 1.44. The van der Waals surface area contributed by atoms with Crippen LogP contribution in [-0.4, -0.2) is 24.4 Å². The lowest BCUT2D eigenvalue weighted by molar-refractivity contribution is -0.124. The van der Waals surface area contributed by atoms with Gasteiger partial charge in [0, 0.05) is 14.8 Å². The summed E-state index contributed by atoms with van der Waals surface area (Å²) in [5.74, 6) is -0.278. The van der Waals surface area contributed by atoms with Crippen LogP contribution in [0.4, 0.5) is 5.69 Å².